The van der Waals surface area contributed by atoms with Gasteiger partial charge in [0.2, 0.25) is 0 Å². The molecular weight excluding hydrogens is 312 g/mol. The lowest BCUT2D eigenvalue weighted by molar-refractivity contribution is 0.320. The van der Waals surface area contributed by atoms with Crippen LogP contribution >= 0.6 is 11.6 Å². The molecule has 0 bridgehead atoms. The summed E-state index contributed by atoms with van der Waals surface area (Å²) in [5.41, 5.74) is 0.998. The van der Waals surface area contributed by atoms with Gasteiger partial charge in [0.25, 0.3) is 0 Å². The highest BCUT2D eigenvalue weighted by Crippen LogP contribution is 2.15. The fourth-order valence-corrected chi connectivity index (χ4v) is 2.10. The van der Waals surface area contributed by atoms with Crippen LogP contribution in [0.3, 0.4) is 0 Å². The second kappa shape index (κ2) is 9.69. The van der Waals surface area contributed by atoms with Crippen LogP contribution in [0.5, 0.6) is 5.75 Å². The summed E-state index contributed by atoms with van der Waals surface area (Å²) in [5.74, 6) is 1.49. The van der Waals surface area contributed by atoms with E-state index in [9.17, 15) is 0 Å². The average Bonchev–Trinajstić information content (AvgIpc) is 2.58. The fourth-order valence-electron chi connectivity index (χ4n) is 1.90. The number of pyridine rings is 1. The summed E-state index contributed by atoms with van der Waals surface area (Å²) in [6.45, 7) is 4.51. The molecule has 0 amide bonds. The Kier molecular flexibility index (Phi) is 7.20. The van der Waals surface area contributed by atoms with Gasteiger partial charge in [-0.3, -0.25) is 4.98 Å². The Bertz CT molecular complexity index is 619. The van der Waals surface area contributed by atoms with Gasteiger partial charge in [-0.25, -0.2) is 4.99 Å². The SMILES string of the molecule is CCNC(=NCc1ccccc1Cl)NCCOc1cccnc1. The van der Waals surface area contributed by atoms with Gasteiger partial charge in [-0.1, -0.05) is 29.8 Å². The van der Waals surface area contributed by atoms with Crippen molar-refractivity contribution < 1.29 is 4.74 Å². The number of rotatable bonds is 7. The number of benzene rings is 1. The first-order valence-electron chi connectivity index (χ1n) is 7.58. The molecule has 122 valence electrons. The lowest BCUT2D eigenvalue weighted by Gasteiger charge is -2.12. The van der Waals surface area contributed by atoms with Crippen molar-refractivity contribution in [2.75, 3.05) is 19.7 Å². The Labute approximate surface area is 141 Å². The first kappa shape index (κ1) is 17.1. The summed E-state index contributed by atoms with van der Waals surface area (Å²) >= 11 is 6.14. The largest absolute Gasteiger partial charge is 0.490 e. The van der Waals surface area contributed by atoms with Gasteiger partial charge >= 0.3 is 0 Å². The van der Waals surface area contributed by atoms with E-state index in [0.717, 1.165) is 28.8 Å². The lowest BCUT2D eigenvalue weighted by Crippen LogP contribution is -2.39. The maximum atomic E-state index is 6.14. The second-order valence-corrected chi connectivity index (χ2v) is 5.16. The summed E-state index contributed by atoms with van der Waals surface area (Å²) < 4.78 is 5.59. The van der Waals surface area contributed by atoms with E-state index < -0.39 is 0 Å². The van der Waals surface area contributed by atoms with Gasteiger partial charge in [0.15, 0.2) is 5.96 Å². The topological polar surface area (TPSA) is 58.5 Å². The predicted molar refractivity (Wildman–Crippen MR) is 94.0 cm³/mol. The van der Waals surface area contributed by atoms with E-state index in [4.69, 9.17) is 16.3 Å². The Morgan fingerprint density at radius 2 is 2.09 bits per heavy atom. The third kappa shape index (κ3) is 6.16. The highest BCUT2D eigenvalue weighted by atomic mass is 35.5. The van der Waals surface area contributed by atoms with Crippen LogP contribution in [0.2, 0.25) is 5.02 Å². The number of nitrogens with zero attached hydrogens (tertiary/aromatic N) is 2. The average molecular weight is 333 g/mol. The van der Waals surface area contributed by atoms with Crippen LogP contribution in [0.15, 0.2) is 53.8 Å². The Balaban J connectivity index is 1.81. The van der Waals surface area contributed by atoms with Crippen LogP contribution in [0.4, 0.5) is 0 Å². The van der Waals surface area contributed by atoms with E-state index in [-0.39, 0.29) is 0 Å². The van der Waals surface area contributed by atoms with Crippen molar-refractivity contribution in [3.63, 3.8) is 0 Å². The van der Waals surface area contributed by atoms with Gasteiger partial charge in [-0.05, 0) is 30.7 Å². The first-order valence-corrected chi connectivity index (χ1v) is 7.96. The quantitative estimate of drug-likeness (QED) is 0.465. The van der Waals surface area contributed by atoms with E-state index in [1.807, 2.05) is 43.3 Å². The van der Waals surface area contributed by atoms with Crippen molar-refractivity contribution in [2.24, 2.45) is 4.99 Å². The zero-order valence-corrected chi connectivity index (χ0v) is 13.9. The van der Waals surface area contributed by atoms with E-state index in [2.05, 4.69) is 20.6 Å². The van der Waals surface area contributed by atoms with Gasteiger partial charge in [0.05, 0.1) is 19.3 Å². The standard InChI is InChI=1S/C17H21ClN4O/c1-2-20-17(22-12-14-6-3-4-8-16(14)18)21-10-11-23-15-7-5-9-19-13-15/h3-9,13H,2,10-12H2,1H3,(H2,20,21,22). The Hall–Kier alpha value is -2.27. The van der Waals surface area contributed by atoms with E-state index >= 15 is 0 Å². The van der Waals surface area contributed by atoms with E-state index in [0.29, 0.717) is 19.7 Å². The fraction of sp³-hybridized carbons (Fsp3) is 0.294. The highest BCUT2D eigenvalue weighted by Gasteiger charge is 2.00. The summed E-state index contributed by atoms with van der Waals surface area (Å²) in [5, 5.41) is 7.16. The van der Waals surface area contributed by atoms with Crippen molar-refractivity contribution in [2.45, 2.75) is 13.5 Å². The molecule has 1 heterocycles. The maximum Gasteiger partial charge on any atom is 0.191 e. The number of aliphatic imine (C=N–C) groups is 1. The number of guanidine groups is 1. The van der Waals surface area contributed by atoms with Crippen LogP contribution < -0.4 is 15.4 Å². The second-order valence-electron chi connectivity index (χ2n) is 4.75. The molecule has 0 unspecified atom stereocenters. The van der Waals surface area contributed by atoms with Crippen molar-refractivity contribution in [1.82, 2.24) is 15.6 Å². The van der Waals surface area contributed by atoms with Gasteiger partial charge in [-0.2, -0.15) is 0 Å². The molecule has 0 saturated heterocycles. The predicted octanol–water partition coefficient (Wildman–Crippen LogP) is 2.87. The summed E-state index contributed by atoms with van der Waals surface area (Å²) in [7, 11) is 0. The van der Waals surface area contributed by atoms with Gasteiger partial charge < -0.3 is 15.4 Å². The molecule has 0 atom stereocenters. The number of ether oxygens (including phenoxy) is 1. The van der Waals surface area contributed by atoms with Crippen molar-refractivity contribution in [3.8, 4) is 5.75 Å². The number of hydrogen-bond donors (Lipinski definition) is 2. The summed E-state index contributed by atoms with van der Waals surface area (Å²) in [6, 6.07) is 11.4. The maximum absolute atomic E-state index is 6.14. The van der Waals surface area contributed by atoms with Crippen LogP contribution in [-0.2, 0) is 6.54 Å². The van der Waals surface area contributed by atoms with Crippen LogP contribution in [0.25, 0.3) is 0 Å². The molecule has 1 aromatic carbocycles. The molecule has 23 heavy (non-hydrogen) atoms. The lowest BCUT2D eigenvalue weighted by atomic mass is 10.2. The van der Waals surface area contributed by atoms with Crippen molar-refractivity contribution >= 4 is 17.6 Å². The van der Waals surface area contributed by atoms with Crippen LogP contribution in [-0.4, -0.2) is 30.6 Å². The van der Waals surface area contributed by atoms with Gasteiger partial charge in [0.1, 0.15) is 12.4 Å². The third-order valence-electron chi connectivity index (χ3n) is 3.01. The van der Waals surface area contributed by atoms with Crippen LogP contribution in [0.1, 0.15) is 12.5 Å². The zero-order valence-electron chi connectivity index (χ0n) is 13.1. The highest BCUT2D eigenvalue weighted by molar-refractivity contribution is 6.31. The first-order chi connectivity index (χ1) is 11.3. The third-order valence-corrected chi connectivity index (χ3v) is 3.38. The van der Waals surface area contributed by atoms with Crippen LogP contribution in [0, 0.1) is 0 Å². The van der Waals surface area contributed by atoms with Crippen molar-refractivity contribution in [1.29, 1.82) is 0 Å². The molecule has 0 spiro atoms. The molecule has 2 aromatic rings. The molecule has 0 aliphatic heterocycles. The van der Waals surface area contributed by atoms with E-state index in [1.165, 1.54) is 0 Å². The number of halogens is 1. The molecule has 2 N–H and O–H groups in total. The molecule has 1 aromatic heterocycles. The molecular formula is C17H21ClN4O. The summed E-state index contributed by atoms with van der Waals surface area (Å²) in [6.07, 6.45) is 3.41. The monoisotopic (exact) mass is 332 g/mol. The molecule has 0 saturated carbocycles. The normalized spacial score (nSPS) is 11.1. The van der Waals surface area contributed by atoms with E-state index in [1.54, 1.807) is 12.4 Å². The molecule has 5 nitrogen and oxygen atoms in total. The van der Waals surface area contributed by atoms with Crippen molar-refractivity contribution in [3.05, 3.63) is 59.4 Å². The minimum Gasteiger partial charge on any atom is -0.490 e. The number of aromatic nitrogens is 1. The number of hydrogen-bond acceptors (Lipinski definition) is 3. The van der Waals surface area contributed by atoms with Gasteiger partial charge in [-0.15, -0.1) is 0 Å². The summed E-state index contributed by atoms with van der Waals surface area (Å²) in [4.78, 5) is 8.54. The van der Waals surface area contributed by atoms with Gasteiger partial charge in [0, 0.05) is 17.8 Å². The minimum atomic E-state index is 0.526. The molecule has 0 aliphatic rings. The number of nitrogens with one attached hydrogen (secondary N) is 2. The molecule has 0 aliphatic carbocycles. The Morgan fingerprint density at radius 3 is 2.83 bits per heavy atom. The molecule has 6 heteroatoms. The molecule has 0 radical (unpaired) electrons. The zero-order chi connectivity index (χ0) is 16.3. The molecule has 0 fully saturated rings. The Morgan fingerprint density at radius 1 is 1.22 bits per heavy atom. The smallest absolute Gasteiger partial charge is 0.191 e. The molecule has 2 rings (SSSR count). The minimum absolute atomic E-state index is 0.526.